The summed E-state index contributed by atoms with van der Waals surface area (Å²) in [6.45, 7) is 1.69. The van der Waals surface area contributed by atoms with E-state index in [1.165, 1.54) is 26.4 Å². The molecule has 3 nitrogen and oxygen atoms in total. The van der Waals surface area contributed by atoms with Gasteiger partial charge in [0.15, 0.2) is 0 Å². The summed E-state index contributed by atoms with van der Waals surface area (Å²) in [7, 11) is 0.747. The second kappa shape index (κ2) is 6.05. The molecule has 1 aromatic rings. The van der Waals surface area contributed by atoms with Gasteiger partial charge in [-0.3, -0.25) is 0 Å². The highest BCUT2D eigenvalue weighted by atomic mass is 28.3. The lowest BCUT2D eigenvalue weighted by molar-refractivity contribution is 0.0948. The standard InChI is InChI=1S/C10H14F2O3Si/c1-7(15-16(13-2)14-3)8-4-9(11)6-10(12)5-8/h4-7,16H,1-3H3. The molecule has 0 N–H and O–H groups in total. The van der Waals surface area contributed by atoms with Crippen LogP contribution in [0, 0.1) is 11.6 Å². The largest absolute Gasteiger partial charge is 0.484 e. The van der Waals surface area contributed by atoms with Crippen molar-refractivity contribution >= 4 is 9.53 Å². The summed E-state index contributed by atoms with van der Waals surface area (Å²) in [5.74, 6) is -1.25. The zero-order valence-corrected chi connectivity index (χ0v) is 10.5. The van der Waals surface area contributed by atoms with Crippen molar-refractivity contribution in [2.24, 2.45) is 0 Å². The lowest BCUT2D eigenvalue weighted by Gasteiger charge is -2.18. The molecule has 0 aromatic heterocycles. The molecule has 0 spiro atoms. The van der Waals surface area contributed by atoms with E-state index in [2.05, 4.69) is 0 Å². The quantitative estimate of drug-likeness (QED) is 0.746. The zero-order chi connectivity index (χ0) is 12.1. The molecule has 0 aliphatic carbocycles. The zero-order valence-electron chi connectivity index (χ0n) is 9.37. The predicted molar refractivity (Wildman–Crippen MR) is 57.0 cm³/mol. The molecule has 90 valence electrons. The third-order valence-electron chi connectivity index (χ3n) is 2.05. The predicted octanol–water partition coefficient (Wildman–Crippen LogP) is 2.05. The molecule has 0 amide bonds. The van der Waals surface area contributed by atoms with Crippen molar-refractivity contribution in [1.82, 2.24) is 0 Å². The minimum Gasteiger partial charge on any atom is -0.379 e. The Morgan fingerprint density at radius 1 is 1.06 bits per heavy atom. The summed E-state index contributed by atoms with van der Waals surface area (Å²) >= 11 is 0. The molecule has 1 rings (SSSR count). The van der Waals surface area contributed by atoms with Gasteiger partial charge in [-0.05, 0) is 24.6 Å². The van der Waals surface area contributed by atoms with Gasteiger partial charge in [0.2, 0.25) is 0 Å². The van der Waals surface area contributed by atoms with E-state index in [1.54, 1.807) is 6.92 Å². The fourth-order valence-corrected chi connectivity index (χ4v) is 2.17. The van der Waals surface area contributed by atoms with Crippen LogP contribution in [0.4, 0.5) is 8.78 Å². The van der Waals surface area contributed by atoms with Crippen LogP contribution in [-0.2, 0) is 13.3 Å². The summed E-state index contributed by atoms with van der Waals surface area (Å²) < 4.78 is 41.2. The van der Waals surface area contributed by atoms with Gasteiger partial charge in [-0.1, -0.05) is 0 Å². The smallest absolute Gasteiger partial charge is 0.379 e. The van der Waals surface area contributed by atoms with E-state index in [-0.39, 0.29) is 0 Å². The van der Waals surface area contributed by atoms with Crippen molar-refractivity contribution in [3.63, 3.8) is 0 Å². The molecule has 0 saturated heterocycles. The van der Waals surface area contributed by atoms with Crippen LogP contribution >= 0.6 is 0 Å². The van der Waals surface area contributed by atoms with Crippen LogP contribution in [0.15, 0.2) is 18.2 Å². The first-order valence-corrected chi connectivity index (χ1v) is 6.15. The second-order valence-electron chi connectivity index (χ2n) is 3.24. The summed E-state index contributed by atoms with van der Waals surface area (Å²) in [6.07, 6.45) is -0.471. The van der Waals surface area contributed by atoms with Gasteiger partial charge < -0.3 is 13.3 Å². The van der Waals surface area contributed by atoms with Gasteiger partial charge in [0.25, 0.3) is 0 Å². The fourth-order valence-electron chi connectivity index (χ4n) is 1.26. The summed E-state index contributed by atoms with van der Waals surface area (Å²) in [6, 6.07) is 3.27. The molecule has 0 saturated carbocycles. The maximum absolute atomic E-state index is 12.9. The molecule has 16 heavy (non-hydrogen) atoms. The monoisotopic (exact) mass is 248 g/mol. The maximum atomic E-state index is 12.9. The number of hydrogen-bond acceptors (Lipinski definition) is 3. The minimum absolute atomic E-state index is 0.420. The Morgan fingerprint density at radius 2 is 1.56 bits per heavy atom. The van der Waals surface area contributed by atoms with E-state index in [0.29, 0.717) is 5.56 Å². The Balaban J connectivity index is 2.75. The molecule has 0 heterocycles. The molecular weight excluding hydrogens is 234 g/mol. The Hall–Kier alpha value is -0.823. The van der Waals surface area contributed by atoms with Crippen molar-refractivity contribution in [3.05, 3.63) is 35.4 Å². The lowest BCUT2D eigenvalue weighted by atomic mass is 10.1. The second-order valence-corrected chi connectivity index (χ2v) is 5.03. The van der Waals surface area contributed by atoms with Crippen molar-refractivity contribution < 1.29 is 22.1 Å². The van der Waals surface area contributed by atoms with Crippen LogP contribution in [0.2, 0.25) is 0 Å². The first-order chi connectivity index (χ1) is 7.56. The van der Waals surface area contributed by atoms with E-state index >= 15 is 0 Å². The van der Waals surface area contributed by atoms with Gasteiger partial charge in [-0.2, -0.15) is 0 Å². The number of hydrogen-bond donors (Lipinski definition) is 0. The topological polar surface area (TPSA) is 27.7 Å². The first-order valence-electron chi connectivity index (χ1n) is 4.74. The molecule has 1 atom stereocenters. The summed E-state index contributed by atoms with van der Waals surface area (Å²) in [5.41, 5.74) is 0.420. The molecule has 0 aliphatic heterocycles. The van der Waals surface area contributed by atoms with Gasteiger partial charge in [-0.25, -0.2) is 8.78 Å². The molecule has 0 radical (unpaired) electrons. The normalized spacial score (nSPS) is 13.1. The Bertz CT molecular complexity index is 325. The van der Waals surface area contributed by atoms with Crippen molar-refractivity contribution in [1.29, 1.82) is 0 Å². The Morgan fingerprint density at radius 3 is 2.00 bits per heavy atom. The van der Waals surface area contributed by atoms with Crippen LogP contribution in [0.5, 0.6) is 0 Å². The van der Waals surface area contributed by atoms with Crippen LogP contribution in [0.3, 0.4) is 0 Å². The lowest BCUT2D eigenvalue weighted by Crippen LogP contribution is -2.25. The van der Waals surface area contributed by atoms with E-state index in [4.69, 9.17) is 13.3 Å². The van der Waals surface area contributed by atoms with Gasteiger partial charge in [0.1, 0.15) is 11.6 Å². The van der Waals surface area contributed by atoms with Gasteiger partial charge in [-0.15, -0.1) is 0 Å². The van der Waals surface area contributed by atoms with Gasteiger partial charge >= 0.3 is 9.53 Å². The Labute approximate surface area is 94.9 Å². The van der Waals surface area contributed by atoms with Crippen LogP contribution in [0.1, 0.15) is 18.6 Å². The maximum Gasteiger partial charge on any atom is 0.484 e. The van der Waals surface area contributed by atoms with Crippen LogP contribution in [-0.4, -0.2) is 23.7 Å². The van der Waals surface area contributed by atoms with Crippen LogP contribution in [0.25, 0.3) is 0 Å². The summed E-state index contributed by atoms with van der Waals surface area (Å²) in [5, 5.41) is 0. The molecule has 1 aromatic carbocycles. The van der Waals surface area contributed by atoms with E-state index in [1.807, 2.05) is 0 Å². The molecule has 0 fully saturated rings. The van der Waals surface area contributed by atoms with Crippen molar-refractivity contribution in [3.8, 4) is 0 Å². The minimum atomic E-state index is -2.20. The average molecular weight is 248 g/mol. The fraction of sp³-hybridized carbons (Fsp3) is 0.400. The Kier molecular flexibility index (Phi) is 5.00. The molecule has 1 unspecified atom stereocenters. The molecule has 6 heteroatoms. The van der Waals surface area contributed by atoms with Crippen LogP contribution < -0.4 is 0 Å². The number of rotatable bonds is 5. The van der Waals surface area contributed by atoms with E-state index in [9.17, 15) is 8.78 Å². The average Bonchev–Trinajstić information content (AvgIpc) is 2.24. The third kappa shape index (κ3) is 3.64. The highest BCUT2D eigenvalue weighted by molar-refractivity contribution is 6.36. The first kappa shape index (κ1) is 13.2. The molecule has 0 bridgehead atoms. The highest BCUT2D eigenvalue weighted by Crippen LogP contribution is 2.20. The summed E-state index contributed by atoms with van der Waals surface area (Å²) in [4.78, 5) is 0. The van der Waals surface area contributed by atoms with E-state index < -0.39 is 27.3 Å². The number of halogens is 2. The highest BCUT2D eigenvalue weighted by Gasteiger charge is 2.17. The SMILES string of the molecule is CO[SiH](OC)OC(C)c1cc(F)cc(F)c1. The molecular formula is C10H14F2O3Si. The van der Waals surface area contributed by atoms with E-state index in [0.717, 1.165) is 6.07 Å². The van der Waals surface area contributed by atoms with Gasteiger partial charge in [0, 0.05) is 20.3 Å². The third-order valence-corrected chi connectivity index (χ3v) is 3.45. The van der Waals surface area contributed by atoms with Crippen molar-refractivity contribution in [2.45, 2.75) is 13.0 Å². The van der Waals surface area contributed by atoms with Gasteiger partial charge in [0.05, 0.1) is 6.10 Å². The van der Waals surface area contributed by atoms with Crippen molar-refractivity contribution in [2.75, 3.05) is 14.2 Å². The molecule has 0 aliphatic rings. The number of benzene rings is 1.